The van der Waals surface area contributed by atoms with Crippen LogP contribution in [0.3, 0.4) is 0 Å². The Morgan fingerprint density at radius 3 is 2.19 bits per heavy atom. The van der Waals surface area contributed by atoms with Gasteiger partial charge in [-0.1, -0.05) is 48.5 Å². The average Bonchev–Trinajstić information content (AvgIpc) is 3.08. The van der Waals surface area contributed by atoms with E-state index in [0.29, 0.717) is 19.4 Å². The van der Waals surface area contributed by atoms with Crippen molar-refractivity contribution >= 4 is 18.0 Å². The van der Waals surface area contributed by atoms with Crippen LogP contribution in [0.1, 0.15) is 42.7 Å². The van der Waals surface area contributed by atoms with Crippen molar-refractivity contribution in [2.75, 3.05) is 26.7 Å². The molecule has 0 unspecified atom stereocenters. The van der Waals surface area contributed by atoms with E-state index in [1.54, 1.807) is 11.9 Å². The van der Waals surface area contributed by atoms with Crippen LogP contribution in [0.5, 0.6) is 0 Å². The second-order valence-electron chi connectivity index (χ2n) is 7.67. The maximum atomic E-state index is 12.1. The number of carboxylic acid groups (broad SMARTS) is 1. The molecular weight excluding hydrogens is 396 g/mol. The predicted molar refractivity (Wildman–Crippen MR) is 117 cm³/mol. The van der Waals surface area contributed by atoms with E-state index in [1.165, 1.54) is 11.1 Å². The van der Waals surface area contributed by atoms with Crippen molar-refractivity contribution in [3.8, 4) is 11.1 Å². The topological polar surface area (TPSA) is 95.9 Å². The minimum atomic E-state index is -0.832. The van der Waals surface area contributed by atoms with Gasteiger partial charge in [0.25, 0.3) is 0 Å². The average molecular weight is 424 g/mol. The van der Waals surface area contributed by atoms with Crippen molar-refractivity contribution in [2.45, 2.75) is 31.6 Å². The fourth-order valence-electron chi connectivity index (χ4n) is 3.86. The summed E-state index contributed by atoms with van der Waals surface area (Å²) in [4.78, 5) is 36.3. The number of carbonyl (C=O) groups excluding carboxylic acids is 2. The van der Waals surface area contributed by atoms with Crippen molar-refractivity contribution in [3.05, 3.63) is 59.7 Å². The van der Waals surface area contributed by atoms with Crippen molar-refractivity contribution in [1.29, 1.82) is 0 Å². The highest BCUT2D eigenvalue weighted by molar-refractivity contribution is 5.79. The number of hydrogen-bond acceptors (Lipinski definition) is 4. The molecule has 7 heteroatoms. The van der Waals surface area contributed by atoms with Crippen LogP contribution in [0.2, 0.25) is 0 Å². The molecule has 2 aromatic rings. The lowest BCUT2D eigenvalue weighted by atomic mass is 9.98. The Bertz CT molecular complexity index is 898. The number of benzene rings is 2. The lowest BCUT2D eigenvalue weighted by molar-refractivity contribution is -0.137. The molecule has 0 atom stereocenters. The minimum Gasteiger partial charge on any atom is -0.481 e. The summed E-state index contributed by atoms with van der Waals surface area (Å²) in [7, 11) is 1.68. The van der Waals surface area contributed by atoms with Crippen LogP contribution >= 0.6 is 0 Å². The number of amides is 2. The van der Waals surface area contributed by atoms with Crippen molar-refractivity contribution < 1.29 is 24.2 Å². The largest absolute Gasteiger partial charge is 0.481 e. The maximum absolute atomic E-state index is 12.1. The molecule has 0 fully saturated rings. The zero-order valence-corrected chi connectivity index (χ0v) is 17.7. The van der Waals surface area contributed by atoms with E-state index >= 15 is 0 Å². The summed E-state index contributed by atoms with van der Waals surface area (Å²) in [5.74, 6) is -0.938. The number of ether oxygens (including phenoxy) is 1. The monoisotopic (exact) mass is 424 g/mol. The van der Waals surface area contributed by atoms with E-state index in [4.69, 9.17) is 9.84 Å². The zero-order chi connectivity index (χ0) is 22.2. The number of rotatable bonds is 10. The fourth-order valence-corrected chi connectivity index (χ4v) is 3.86. The number of unbranched alkanes of at least 4 members (excludes halogenated alkanes) is 1. The molecule has 0 saturated heterocycles. The standard InChI is InChI=1S/C24H28N2O5/c1-26(15-7-6-12-23(28)29)22(27)13-14-25-24(30)31-16-21-19-10-4-2-8-17(19)18-9-3-5-11-20(18)21/h2-5,8-11,21H,6-7,12-16H2,1H3,(H,25,30)(H,28,29). The van der Waals surface area contributed by atoms with Gasteiger partial charge in [-0.2, -0.15) is 0 Å². The van der Waals surface area contributed by atoms with Crippen molar-refractivity contribution in [2.24, 2.45) is 0 Å². The Morgan fingerprint density at radius 2 is 1.58 bits per heavy atom. The second kappa shape index (κ2) is 10.6. The quantitative estimate of drug-likeness (QED) is 0.568. The summed E-state index contributed by atoms with van der Waals surface area (Å²) >= 11 is 0. The molecule has 164 valence electrons. The third-order valence-electron chi connectivity index (χ3n) is 5.51. The number of fused-ring (bicyclic) bond motifs is 3. The molecule has 1 aliphatic carbocycles. The van der Waals surface area contributed by atoms with Gasteiger partial charge in [-0.05, 0) is 35.1 Å². The van der Waals surface area contributed by atoms with Gasteiger partial charge in [-0.3, -0.25) is 9.59 Å². The highest BCUT2D eigenvalue weighted by atomic mass is 16.5. The first-order valence-electron chi connectivity index (χ1n) is 10.5. The van der Waals surface area contributed by atoms with Crippen LogP contribution < -0.4 is 5.32 Å². The molecule has 0 saturated carbocycles. The van der Waals surface area contributed by atoms with Gasteiger partial charge in [0.2, 0.25) is 5.91 Å². The van der Waals surface area contributed by atoms with Crippen LogP contribution in [0.15, 0.2) is 48.5 Å². The first kappa shape index (κ1) is 22.3. The first-order valence-corrected chi connectivity index (χ1v) is 10.5. The van der Waals surface area contributed by atoms with Crippen LogP contribution in [-0.2, 0) is 14.3 Å². The van der Waals surface area contributed by atoms with E-state index in [1.807, 2.05) is 24.3 Å². The van der Waals surface area contributed by atoms with Crippen molar-refractivity contribution in [3.63, 3.8) is 0 Å². The number of alkyl carbamates (subject to hydrolysis) is 1. The highest BCUT2D eigenvalue weighted by Crippen LogP contribution is 2.44. The van der Waals surface area contributed by atoms with Gasteiger partial charge < -0.3 is 20.1 Å². The van der Waals surface area contributed by atoms with Crippen LogP contribution in [-0.4, -0.2) is 54.7 Å². The number of aliphatic carboxylic acids is 1. The van der Waals surface area contributed by atoms with Crippen LogP contribution in [0, 0.1) is 0 Å². The molecule has 0 heterocycles. The Labute approximate surface area is 182 Å². The molecular formula is C24H28N2O5. The summed E-state index contributed by atoms with van der Waals surface area (Å²) in [6.07, 6.45) is 0.892. The molecule has 31 heavy (non-hydrogen) atoms. The number of nitrogens with zero attached hydrogens (tertiary/aromatic N) is 1. The number of carboxylic acids is 1. The molecule has 2 aromatic carbocycles. The SMILES string of the molecule is CN(CCCCC(=O)O)C(=O)CCNC(=O)OCC1c2ccccc2-c2ccccc21. The minimum absolute atomic E-state index is 0.00304. The highest BCUT2D eigenvalue weighted by Gasteiger charge is 2.28. The Hall–Kier alpha value is -3.35. The summed E-state index contributed by atoms with van der Waals surface area (Å²) in [6.45, 7) is 0.920. The molecule has 0 bridgehead atoms. The molecule has 7 nitrogen and oxygen atoms in total. The Morgan fingerprint density at radius 1 is 0.968 bits per heavy atom. The van der Waals surface area contributed by atoms with E-state index in [0.717, 1.165) is 11.1 Å². The number of hydrogen-bond donors (Lipinski definition) is 2. The number of carbonyl (C=O) groups is 3. The normalized spacial score (nSPS) is 12.0. The van der Waals surface area contributed by atoms with Crippen LogP contribution in [0.25, 0.3) is 11.1 Å². The molecule has 0 radical (unpaired) electrons. The van der Waals surface area contributed by atoms with Gasteiger partial charge >= 0.3 is 12.1 Å². The Balaban J connectivity index is 1.41. The summed E-state index contributed by atoms with van der Waals surface area (Å²) in [6, 6.07) is 16.3. The van der Waals surface area contributed by atoms with E-state index in [-0.39, 0.29) is 37.8 Å². The second-order valence-corrected chi connectivity index (χ2v) is 7.67. The summed E-state index contributed by atoms with van der Waals surface area (Å²) in [5.41, 5.74) is 4.64. The molecule has 0 aliphatic heterocycles. The first-order chi connectivity index (χ1) is 15.0. The number of nitrogens with one attached hydrogen (secondary N) is 1. The van der Waals surface area contributed by atoms with Gasteiger partial charge in [0.1, 0.15) is 6.61 Å². The molecule has 2 N–H and O–H groups in total. The summed E-state index contributed by atoms with van der Waals surface area (Å²) < 4.78 is 5.45. The predicted octanol–water partition coefficient (Wildman–Crippen LogP) is 3.63. The van der Waals surface area contributed by atoms with Gasteiger partial charge in [0, 0.05) is 38.9 Å². The van der Waals surface area contributed by atoms with E-state index in [9.17, 15) is 14.4 Å². The van der Waals surface area contributed by atoms with Gasteiger partial charge in [0.05, 0.1) is 0 Å². The van der Waals surface area contributed by atoms with Crippen molar-refractivity contribution in [1.82, 2.24) is 10.2 Å². The summed E-state index contributed by atoms with van der Waals surface area (Å²) in [5, 5.41) is 11.3. The lowest BCUT2D eigenvalue weighted by Gasteiger charge is -2.17. The molecule has 3 rings (SSSR count). The van der Waals surface area contributed by atoms with Gasteiger partial charge in [-0.25, -0.2) is 4.79 Å². The molecule has 0 spiro atoms. The lowest BCUT2D eigenvalue weighted by Crippen LogP contribution is -2.33. The fraction of sp³-hybridized carbons (Fsp3) is 0.375. The third kappa shape index (κ3) is 5.84. The smallest absolute Gasteiger partial charge is 0.407 e. The maximum Gasteiger partial charge on any atom is 0.407 e. The zero-order valence-electron chi connectivity index (χ0n) is 17.7. The molecule has 0 aromatic heterocycles. The third-order valence-corrected chi connectivity index (χ3v) is 5.51. The molecule has 2 amide bonds. The van der Waals surface area contributed by atoms with Gasteiger partial charge in [0.15, 0.2) is 0 Å². The van der Waals surface area contributed by atoms with E-state index < -0.39 is 12.1 Å². The van der Waals surface area contributed by atoms with E-state index in [2.05, 4.69) is 29.6 Å². The Kier molecular flexibility index (Phi) is 7.65. The van der Waals surface area contributed by atoms with Gasteiger partial charge in [-0.15, -0.1) is 0 Å². The molecule has 1 aliphatic rings. The van der Waals surface area contributed by atoms with Crippen LogP contribution in [0.4, 0.5) is 4.79 Å².